The summed E-state index contributed by atoms with van der Waals surface area (Å²) in [6.45, 7) is 8.26. The highest BCUT2D eigenvalue weighted by Gasteiger charge is 2.18. The lowest BCUT2D eigenvalue weighted by atomic mass is 9.85. The van der Waals surface area contributed by atoms with Crippen LogP contribution in [0.3, 0.4) is 0 Å². The van der Waals surface area contributed by atoms with Gasteiger partial charge >= 0.3 is 0 Å². The molecule has 3 heteroatoms. The van der Waals surface area contributed by atoms with Gasteiger partial charge in [-0.05, 0) is 35.6 Å². The normalized spacial score (nSPS) is 15.9. The Labute approximate surface area is 106 Å². The number of hydrogen-bond acceptors (Lipinski definition) is 2. The van der Waals surface area contributed by atoms with Gasteiger partial charge in [0.25, 0.3) is 0 Å². The van der Waals surface area contributed by atoms with Crippen LogP contribution in [-0.4, -0.2) is 11.1 Å². The Hall–Kier alpha value is -0.380. The zero-order valence-electron chi connectivity index (χ0n) is 10.3. The Morgan fingerprint density at radius 3 is 2.25 bits per heavy atom. The molecule has 0 aromatic heterocycles. The van der Waals surface area contributed by atoms with E-state index in [1.807, 2.05) is 19.1 Å². The summed E-state index contributed by atoms with van der Waals surface area (Å²) < 4.78 is 0.981. The van der Waals surface area contributed by atoms with Crippen LogP contribution in [0.5, 0.6) is 0 Å². The standard InChI is InChI=1S/C13H20BrNO/c1-8(15)12(16)9-5-10(13(2,3)4)7-11(14)6-9/h5-8,12,16H,15H2,1-4H3/t8-,12-/m1/s1. The van der Waals surface area contributed by atoms with E-state index in [1.165, 1.54) is 5.56 Å². The molecule has 0 aliphatic rings. The maximum Gasteiger partial charge on any atom is 0.0938 e. The van der Waals surface area contributed by atoms with E-state index < -0.39 is 6.10 Å². The Kier molecular flexibility index (Phi) is 4.16. The Balaban J connectivity index is 3.18. The molecule has 0 radical (unpaired) electrons. The van der Waals surface area contributed by atoms with Gasteiger partial charge in [-0.1, -0.05) is 42.8 Å². The van der Waals surface area contributed by atoms with Crippen LogP contribution in [0.15, 0.2) is 22.7 Å². The molecule has 3 N–H and O–H groups in total. The minimum atomic E-state index is -0.612. The van der Waals surface area contributed by atoms with E-state index in [0.717, 1.165) is 10.0 Å². The first-order valence-electron chi connectivity index (χ1n) is 5.46. The molecule has 2 nitrogen and oxygen atoms in total. The fraction of sp³-hybridized carbons (Fsp3) is 0.538. The predicted molar refractivity (Wildman–Crippen MR) is 71.5 cm³/mol. The highest BCUT2D eigenvalue weighted by Crippen LogP contribution is 2.29. The van der Waals surface area contributed by atoms with Crippen molar-refractivity contribution < 1.29 is 5.11 Å². The van der Waals surface area contributed by atoms with Gasteiger partial charge < -0.3 is 10.8 Å². The lowest BCUT2D eigenvalue weighted by molar-refractivity contribution is 0.153. The molecule has 0 spiro atoms. The summed E-state index contributed by atoms with van der Waals surface area (Å²) in [5.41, 5.74) is 7.84. The minimum Gasteiger partial charge on any atom is -0.387 e. The van der Waals surface area contributed by atoms with Crippen LogP contribution >= 0.6 is 15.9 Å². The van der Waals surface area contributed by atoms with Crippen molar-refractivity contribution in [3.05, 3.63) is 33.8 Å². The molecule has 0 amide bonds. The minimum absolute atomic E-state index is 0.0656. The number of benzene rings is 1. The summed E-state index contributed by atoms with van der Waals surface area (Å²) in [6.07, 6.45) is -0.612. The Morgan fingerprint density at radius 1 is 1.25 bits per heavy atom. The maximum absolute atomic E-state index is 9.97. The van der Waals surface area contributed by atoms with Crippen LogP contribution in [-0.2, 0) is 5.41 Å². The van der Waals surface area contributed by atoms with E-state index in [0.29, 0.717) is 0 Å². The summed E-state index contributed by atoms with van der Waals surface area (Å²) in [6, 6.07) is 5.77. The molecule has 0 saturated carbocycles. The topological polar surface area (TPSA) is 46.2 Å². The fourth-order valence-corrected chi connectivity index (χ4v) is 2.03. The van der Waals surface area contributed by atoms with Crippen molar-refractivity contribution in [3.8, 4) is 0 Å². The largest absolute Gasteiger partial charge is 0.387 e. The molecule has 0 bridgehead atoms. The lowest BCUT2D eigenvalue weighted by Gasteiger charge is -2.23. The molecule has 0 aliphatic carbocycles. The van der Waals surface area contributed by atoms with Crippen LogP contribution in [0.25, 0.3) is 0 Å². The first kappa shape index (κ1) is 13.7. The van der Waals surface area contributed by atoms with Gasteiger partial charge in [-0.3, -0.25) is 0 Å². The number of halogens is 1. The van der Waals surface area contributed by atoms with Crippen LogP contribution < -0.4 is 5.73 Å². The third kappa shape index (κ3) is 3.30. The second kappa shape index (κ2) is 4.86. The summed E-state index contributed by atoms with van der Waals surface area (Å²) in [5, 5.41) is 9.97. The molecule has 0 aliphatic heterocycles. The molecule has 0 unspecified atom stereocenters. The first-order chi connectivity index (χ1) is 7.21. The zero-order valence-corrected chi connectivity index (χ0v) is 11.9. The second-order valence-corrected chi connectivity index (χ2v) is 6.24. The Bertz CT molecular complexity index is 369. The summed E-state index contributed by atoms with van der Waals surface area (Å²) in [7, 11) is 0. The second-order valence-electron chi connectivity index (χ2n) is 5.33. The number of nitrogens with two attached hydrogens (primary N) is 1. The monoisotopic (exact) mass is 285 g/mol. The van der Waals surface area contributed by atoms with Crippen molar-refractivity contribution in [2.45, 2.75) is 45.3 Å². The highest BCUT2D eigenvalue weighted by atomic mass is 79.9. The number of rotatable bonds is 2. The summed E-state index contributed by atoms with van der Waals surface area (Å²) in [5.74, 6) is 0. The molecular weight excluding hydrogens is 266 g/mol. The number of hydrogen-bond donors (Lipinski definition) is 2. The number of aliphatic hydroxyl groups is 1. The van der Waals surface area contributed by atoms with E-state index in [-0.39, 0.29) is 11.5 Å². The van der Waals surface area contributed by atoms with Crippen molar-refractivity contribution in [1.82, 2.24) is 0 Å². The molecule has 1 aromatic rings. The van der Waals surface area contributed by atoms with E-state index in [2.05, 4.69) is 42.8 Å². The Morgan fingerprint density at radius 2 is 1.81 bits per heavy atom. The van der Waals surface area contributed by atoms with Crippen molar-refractivity contribution in [1.29, 1.82) is 0 Å². The van der Waals surface area contributed by atoms with E-state index in [1.54, 1.807) is 0 Å². The molecule has 1 aromatic carbocycles. The predicted octanol–water partition coefficient (Wildman–Crippen LogP) is 3.13. The van der Waals surface area contributed by atoms with E-state index >= 15 is 0 Å². The molecular formula is C13H20BrNO. The third-order valence-electron chi connectivity index (χ3n) is 2.63. The lowest BCUT2D eigenvalue weighted by Crippen LogP contribution is -2.25. The summed E-state index contributed by atoms with van der Waals surface area (Å²) in [4.78, 5) is 0. The van der Waals surface area contributed by atoms with Crippen molar-refractivity contribution >= 4 is 15.9 Å². The molecule has 0 heterocycles. The zero-order chi connectivity index (χ0) is 12.5. The maximum atomic E-state index is 9.97. The van der Waals surface area contributed by atoms with Gasteiger partial charge in [0.05, 0.1) is 6.10 Å². The molecule has 2 atom stereocenters. The first-order valence-corrected chi connectivity index (χ1v) is 6.25. The molecule has 1 rings (SSSR count). The van der Waals surface area contributed by atoms with Gasteiger partial charge in [-0.2, -0.15) is 0 Å². The molecule has 16 heavy (non-hydrogen) atoms. The van der Waals surface area contributed by atoms with Crippen LogP contribution in [0, 0.1) is 0 Å². The van der Waals surface area contributed by atoms with Gasteiger partial charge in [0.1, 0.15) is 0 Å². The van der Waals surface area contributed by atoms with Crippen molar-refractivity contribution in [3.63, 3.8) is 0 Å². The quantitative estimate of drug-likeness (QED) is 0.877. The molecule has 90 valence electrons. The third-order valence-corrected chi connectivity index (χ3v) is 3.08. The van der Waals surface area contributed by atoms with Crippen molar-refractivity contribution in [2.75, 3.05) is 0 Å². The number of aliphatic hydroxyl groups excluding tert-OH is 1. The van der Waals surface area contributed by atoms with Gasteiger partial charge in [-0.25, -0.2) is 0 Å². The van der Waals surface area contributed by atoms with Crippen LogP contribution in [0.1, 0.15) is 44.9 Å². The smallest absolute Gasteiger partial charge is 0.0938 e. The van der Waals surface area contributed by atoms with E-state index in [9.17, 15) is 5.11 Å². The fourth-order valence-electron chi connectivity index (χ4n) is 1.52. The SMILES string of the molecule is C[C@@H](N)[C@@H](O)c1cc(Br)cc(C(C)(C)C)c1. The van der Waals surface area contributed by atoms with Crippen LogP contribution in [0.2, 0.25) is 0 Å². The highest BCUT2D eigenvalue weighted by molar-refractivity contribution is 9.10. The molecule has 0 saturated heterocycles. The summed E-state index contributed by atoms with van der Waals surface area (Å²) >= 11 is 3.47. The average molecular weight is 286 g/mol. The molecule has 0 fully saturated rings. The van der Waals surface area contributed by atoms with E-state index in [4.69, 9.17) is 5.73 Å². The van der Waals surface area contributed by atoms with Gasteiger partial charge in [0.15, 0.2) is 0 Å². The average Bonchev–Trinajstić information content (AvgIpc) is 2.14. The van der Waals surface area contributed by atoms with Crippen molar-refractivity contribution in [2.24, 2.45) is 5.73 Å². The van der Waals surface area contributed by atoms with Gasteiger partial charge in [0, 0.05) is 10.5 Å². The van der Waals surface area contributed by atoms with Crippen LogP contribution in [0.4, 0.5) is 0 Å². The van der Waals surface area contributed by atoms with Gasteiger partial charge in [-0.15, -0.1) is 0 Å². The van der Waals surface area contributed by atoms with Gasteiger partial charge in [0.2, 0.25) is 0 Å².